The van der Waals surface area contributed by atoms with Gasteiger partial charge in [-0.1, -0.05) is 24.3 Å². The van der Waals surface area contributed by atoms with Gasteiger partial charge < -0.3 is 10.2 Å². The first-order valence-corrected chi connectivity index (χ1v) is 12.5. The van der Waals surface area contributed by atoms with Crippen molar-refractivity contribution in [3.05, 3.63) is 89.2 Å². The molecular weight excluding hydrogens is 498 g/mol. The summed E-state index contributed by atoms with van der Waals surface area (Å²) < 4.78 is 80.9. The highest BCUT2D eigenvalue weighted by atomic mass is 32.2. The molecule has 1 aliphatic rings. The van der Waals surface area contributed by atoms with Crippen LogP contribution in [0.25, 0.3) is 0 Å². The summed E-state index contributed by atoms with van der Waals surface area (Å²) in [7, 11) is -3.97. The van der Waals surface area contributed by atoms with Gasteiger partial charge >= 0.3 is 6.18 Å². The summed E-state index contributed by atoms with van der Waals surface area (Å²) in [6.07, 6.45) is -4.57. The number of piperazine rings is 1. The fraction of sp³-hybridized carbons (Fsp3) is 0.240. The first-order chi connectivity index (χ1) is 17.0. The van der Waals surface area contributed by atoms with Crippen molar-refractivity contribution in [2.75, 3.05) is 36.4 Å². The molecule has 11 heteroatoms. The average Bonchev–Trinajstić information content (AvgIpc) is 2.84. The molecule has 3 aromatic carbocycles. The second-order valence-corrected chi connectivity index (χ2v) is 10.3. The minimum absolute atomic E-state index is 0.0264. The van der Waals surface area contributed by atoms with Crippen LogP contribution in [0.1, 0.15) is 21.5 Å². The van der Waals surface area contributed by atoms with E-state index in [1.54, 1.807) is 30.0 Å². The number of carbonyl (C=O) groups excluding carboxylic acids is 1. The minimum Gasteiger partial charge on any atom is -0.367 e. The molecule has 1 fully saturated rings. The number of hydrogen-bond acceptors (Lipinski definition) is 4. The molecule has 1 aliphatic heterocycles. The number of alkyl halides is 3. The first-order valence-electron chi connectivity index (χ1n) is 11.1. The predicted molar refractivity (Wildman–Crippen MR) is 128 cm³/mol. The number of benzene rings is 3. The van der Waals surface area contributed by atoms with Crippen molar-refractivity contribution in [1.82, 2.24) is 4.31 Å². The van der Waals surface area contributed by atoms with Gasteiger partial charge in [0.2, 0.25) is 10.0 Å². The van der Waals surface area contributed by atoms with Gasteiger partial charge in [-0.05, 0) is 55.0 Å². The Hall–Kier alpha value is -3.44. The smallest absolute Gasteiger partial charge is 0.367 e. The number of nitrogens with one attached hydrogen (secondary N) is 1. The third-order valence-electron chi connectivity index (χ3n) is 5.97. The summed E-state index contributed by atoms with van der Waals surface area (Å²) in [5, 5.41) is 2.41. The zero-order valence-corrected chi connectivity index (χ0v) is 20.0. The van der Waals surface area contributed by atoms with E-state index >= 15 is 0 Å². The van der Waals surface area contributed by atoms with Crippen molar-refractivity contribution in [2.45, 2.75) is 18.0 Å². The number of aryl methyl sites for hydroxylation is 1. The Bertz CT molecular complexity index is 1390. The number of nitrogens with zero attached hydrogens (tertiary/aromatic N) is 2. The summed E-state index contributed by atoms with van der Waals surface area (Å²) in [5.41, 5.74) is -0.0886. The van der Waals surface area contributed by atoms with E-state index in [9.17, 15) is 30.8 Å². The second kappa shape index (κ2) is 9.90. The Labute approximate surface area is 206 Å². The highest BCUT2D eigenvalue weighted by Gasteiger charge is 2.31. The Morgan fingerprint density at radius 3 is 2.28 bits per heavy atom. The average molecular weight is 522 g/mol. The van der Waals surface area contributed by atoms with Gasteiger partial charge in [-0.25, -0.2) is 12.8 Å². The lowest BCUT2D eigenvalue weighted by Gasteiger charge is -2.35. The van der Waals surface area contributed by atoms with Gasteiger partial charge in [0, 0.05) is 37.4 Å². The number of anilines is 2. The summed E-state index contributed by atoms with van der Waals surface area (Å²) >= 11 is 0. The zero-order chi connectivity index (χ0) is 26.1. The molecule has 0 radical (unpaired) electrons. The Balaban J connectivity index is 1.51. The topological polar surface area (TPSA) is 69.7 Å². The lowest BCUT2D eigenvalue weighted by Crippen LogP contribution is -2.48. The van der Waals surface area contributed by atoms with E-state index in [0.717, 1.165) is 12.1 Å². The minimum atomic E-state index is -4.57. The molecule has 3 aromatic rings. The molecule has 0 atom stereocenters. The van der Waals surface area contributed by atoms with Gasteiger partial charge in [-0.2, -0.15) is 17.5 Å². The Kier molecular flexibility index (Phi) is 7.05. The molecule has 0 aliphatic carbocycles. The van der Waals surface area contributed by atoms with Crippen LogP contribution in [0.15, 0.2) is 71.6 Å². The Morgan fingerprint density at radius 1 is 0.917 bits per heavy atom. The molecule has 0 unspecified atom stereocenters. The number of hydrogen-bond donors (Lipinski definition) is 1. The molecule has 0 bridgehead atoms. The van der Waals surface area contributed by atoms with Crippen molar-refractivity contribution in [3.63, 3.8) is 0 Å². The van der Waals surface area contributed by atoms with Crippen molar-refractivity contribution in [1.29, 1.82) is 0 Å². The number of rotatable bonds is 5. The van der Waals surface area contributed by atoms with E-state index in [1.165, 1.54) is 40.7 Å². The second-order valence-electron chi connectivity index (χ2n) is 8.35. The van der Waals surface area contributed by atoms with Crippen LogP contribution >= 0.6 is 0 Å². The summed E-state index contributed by atoms with van der Waals surface area (Å²) in [6, 6.07) is 14.5. The summed E-state index contributed by atoms with van der Waals surface area (Å²) in [4.78, 5) is 14.5. The fourth-order valence-corrected chi connectivity index (χ4v) is 5.45. The van der Waals surface area contributed by atoms with E-state index < -0.39 is 27.7 Å². The normalized spacial score (nSPS) is 15.1. The molecule has 4 rings (SSSR count). The van der Waals surface area contributed by atoms with Crippen LogP contribution in [0.5, 0.6) is 0 Å². The molecule has 6 nitrogen and oxygen atoms in total. The number of para-hydroxylation sites is 1. The molecule has 1 amide bonds. The van der Waals surface area contributed by atoms with E-state index in [2.05, 4.69) is 5.32 Å². The van der Waals surface area contributed by atoms with Gasteiger partial charge in [0.25, 0.3) is 5.91 Å². The molecule has 36 heavy (non-hydrogen) atoms. The van der Waals surface area contributed by atoms with E-state index in [1.807, 2.05) is 0 Å². The van der Waals surface area contributed by atoms with Crippen LogP contribution < -0.4 is 10.2 Å². The number of halogens is 4. The number of carbonyl (C=O) groups is 1. The third-order valence-corrected chi connectivity index (χ3v) is 7.87. The van der Waals surface area contributed by atoms with Crippen LogP contribution in [0.4, 0.5) is 28.9 Å². The highest BCUT2D eigenvalue weighted by Crippen LogP contribution is 2.31. The number of sulfonamides is 1. The van der Waals surface area contributed by atoms with E-state index in [4.69, 9.17) is 0 Å². The van der Waals surface area contributed by atoms with Crippen molar-refractivity contribution < 1.29 is 30.8 Å². The molecule has 1 N–H and O–H groups in total. The number of amides is 1. The largest absolute Gasteiger partial charge is 0.416 e. The van der Waals surface area contributed by atoms with Crippen LogP contribution in [0.2, 0.25) is 0 Å². The fourth-order valence-electron chi connectivity index (χ4n) is 4.00. The van der Waals surface area contributed by atoms with Crippen molar-refractivity contribution >= 4 is 27.3 Å². The third kappa shape index (κ3) is 5.36. The van der Waals surface area contributed by atoms with Crippen molar-refractivity contribution in [2.24, 2.45) is 0 Å². The molecule has 0 spiro atoms. The Morgan fingerprint density at radius 2 is 1.61 bits per heavy atom. The standard InChI is InChI=1S/C25H23F4N3O3S/c1-17-9-10-20(16-21(17)24(33)30-19-6-4-5-18(15-19)25(27,28)29)36(34,35)32-13-11-31(12-14-32)23-8-3-2-7-22(23)26/h2-10,15-16H,11-14H2,1H3,(H,30,33). The van der Waals surface area contributed by atoms with Gasteiger partial charge in [0.15, 0.2) is 0 Å². The SMILES string of the molecule is Cc1ccc(S(=O)(=O)N2CCN(c3ccccc3F)CC2)cc1C(=O)Nc1cccc(C(F)(F)F)c1. The maximum absolute atomic E-state index is 14.1. The first kappa shape index (κ1) is 25.6. The summed E-state index contributed by atoms with van der Waals surface area (Å²) in [5.74, 6) is -1.11. The lowest BCUT2D eigenvalue weighted by atomic mass is 10.1. The molecular formula is C25H23F4N3O3S. The quantitative estimate of drug-likeness (QED) is 0.484. The van der Waals surface area contributed by atoms with Gasteiger partial charge in [0.05, 0.1) is 16.1 Å². The monoisotopic (exact) mass is 521 g/mol. The van der Waals surface area contributed by atoms with Crippen molar-refractivity contribution in [3.8, 4) is 0 Å². The predicted octanol–water partition coefficient (Wildman–Crippen LogP) is 4.92. The van der Waals surface area contributed by atoms with Gasteiger partial charge in [0.1, 0.15) is 5.82 Å². The van der Waals surface area contributed by atoms with Gasteiger partial charge in [-0.3, -0.25) is 4.79 Å². The maximum Gasteiger partial charge on any atom is 0.416 e. The maximum atomic E-state index is 14.1. The molecule has 1 saturated heterocycles. The van der Waals surface area contributed by atoms with Crippen LogP contribution in [-0.2, 0) is 16.2 Å². The molecule has 0 aromatic heterocycles. The highest BCUT2D eigenvalue weighted by molar-refractivity contribution is 7.89. The van der Waals surface area contributed by atoms with Crippen LogP contribution in [0.3, 0.4) is 0 Å². The van der Waals surface area contributed by atoms with Gasteiger partial charge in [-0.15, -0.1) is 0 Å². The molecule has 0 saturated carbocycles. The van der Waals surface area contributed by atoms with Crippen LogP contribution in [-0.4, -0.2) is 44.8 Å². The van der Waals surface area contributed by atoms with E-state index in [-0.39, 0.29) is 48.1 Å². The summed E-state index contributed by atoms with van der Waals surface area (Å²) in [6.45, 7) is 2.42. The molecule has 1 heterocycles. The lowest BCUT2D eigenvalue weighted by molar-refractivity contribution is -0.137. The van der Waals surface area contributed by atoms with E-state index in [0.29, 0.717) is 11.3 Å². The molecule has 190 valence electrons. The zero-order valence-electron chi connectivity index (χ0n) is 19.2. The van der Waals surface area contributed by atoms with Crippen LogP contribution in [0, 0.1) is 12.7 Å².